The maximum atomic E-state index is 10.8. The van der Waals surface area contributed by atoms with Crippen LogP contribution in [-0.4, -0.2) is 22.4 Å². The molecule has 0 saturated heterocycles. The maximum Gasteiger partial charge on any atom is 0.0608 e. The van der Waals surface area contributed by atoms with E-state index in [1.165, 1.54) is 11.1 Å². The van der Waals surface area contributed by atoms with Gasteiger partial charge in [0, 0.05) is 11.8 Å². The zero-order chi connectivity index (χ0) is 21.1. The standard InChI is InChI=1S/C28H38O2/c1-3-28(2,22-14-16-26(29)24(18-22)20-10-6-4-7-11-20)23-15-17-27(30)25(19-23)21-12-8-5-9-13-21/h4-13,22-27,29-30H,3,14-19H2,1-2H3. The maximum absolute atomic E-state index is 10.8. The van der Waals surface area contributed by atoms with E-state index in [0.29, 0.717) is 11.8 Å². The molecule has 0 heterocycles. The Morgan fingerprint density at radius 1 is 0.700 bits per heavy atom. The van der Waals surface area contributed by atoms with Gasteiger partial charge in [0.2, 0.25) is 0 Å². The Bertz CT molecular complexity index is 723. The van der Waals surface area contributed by atoms with E-state index in [1.54, 1.807) is 0 Å². The van der Waals surface area contributed by atoms with E-state index in [1.807, 2.05) is 0 Å². The first-order valence-electron chi connectivity index (χ1n) is 12.0. The molecule has 0 amide bonds. The number of aliphatic hydroxyl groups is 2. The van der Waals surface area contributed by atoms with E-state index in [9.17, 15) is 10.2 Å². The van der Waals surface area contributed by atoms with Crippen LogP contribution in [0.5, 0.6) is 0 Å². The van der Waals surface area contributed by atoms with Gasteiger partial charge >= 0.3 is 0 Å². The second kappa shape index (κ2) is 9.24. The van der Waals surface area contributed by atoms with Gasteiger partial charge in [-0.15, -0.1) is 0 Å². The molecule has 0 aliphatic heterocycles. The predicted molar refractivity (Wildman–Crippen MR) is 123 cm³/mol. The first-order chi connectivity index (χ1) is 14.5. The molecule has 0 aromatic heterocycles. The van der Waals surface area contributed by atoms with Crippen molar-refractivity contribution in [1.82, 2.24) is 0 Å². The fourth-order valence-electron chi connectivity index (χ4n) is 6.53. The van der Waals surface area contributed by atoms with Gasteiger partial charge in [-0.25, -0.2) is 0 Å². The van der Waals surface area contributed by atoms with Crippen molar-refractivity contribution in [2.45, 2.75) is 82.8 Å². The average molecular weight is 407 g/mol. The highest BCUT2D eigenvalue weighted by atomic mass is 16.3. The Hall–Kier alpha value is -1.64. The molecule has 0 radical (unpaired) electrons. The van der Waals surface area contributed by atoms with Crippen molar-refractivity contribution in [3.63, 3.8) is 0 Å². The third-order valence-electron chi connectivity index (χ3n) is 8.71. The molecular formula is C28H38O2. The van der Waals surface area contributed by atoms with Crippen LogP contribution < -0.4 is 0 Å². The quantitative estimate of drug-likeness (QED) is 0.612. The second-order valence-corrected chi connectivity index (χ2v) is 10.0. The highest BCUT2D eigenvalue weighted by Crippen LogP contribution is 2.54. The van der Waals surface area contributed by atoms with Gasteiger partial charge in [0.05, 0.1) is 12.2 Å². The Labute approximate surface area is 182 Å². The van der Waals surface area contributed by atoms with Gasteiger partial charge in [0.15, 0.2) is 0 Å². The summed E-state index contributed by atoms with van der Waals surface area (Å²) in [5.41, 5.74) is 2.82. The lowest BCUT2D eigenvalue weighted by molar-refractivity contribution is -0.0264. The van der Waals surface area contributed by atoms with Gasteiger partial charge in [-0.1, -0.05) is 80.9 Å². The summed E-state index contributed by atoms with van der Waals surface area (Å²) < 4.78 is 0. The molecule has 2 heteroatoms. The van der Waals surface area contributed by atoms with Gasteiger partial charge < -0.3 is 10.2 Å². The molecule has 2 N–H and O–H groups in total. The summed E-state index contributed by atoms with van der Waals surface area (Å²) in [5.74, 6) is 1.73. The summed E-state index contributed by atoms with van der Waals surface area (Å²) in [7, 11) is 0. The lowest BCUT2D eigenvalue weighted by Crippen LogP contribution is -2.43. The van der Waals surface area contributed by atoms with Crippen LogP contribution in [0.4, 0.5) is 0 Å². The molecule has 2 fully saturated rings. The van der Waals surface area contributed by atoms with Crippen molar-refractivity contribution in [1.29, 1.82) is 0 Å². The van der Waals surface area contributed by atoms with Crippen LogP contribution in [0, 0.1) is 17.3 Å². The predicted octanol–water partition coefficient (Wildman–Crippen LogP) is 6.29. The van der Waals surface area contributed by atoms with E-state index in [-0.39, 0.29) is 29.5 Å². The zero-order valence-electron chi connectivity index (χ0n) is 18.6. The number of hydrogen-bond donors (Lipinski definition) is 2. The van der Waals surface area contributed by atoms with Crippen molar-refractivity contribution < 1.29 is 10.2 Å². The lowest BCUT2D eigenvalue weighted by Gasteiger charge is -2.51. The molecule has 2 aromatic rings. The van der Waals surface area contributed by atoms with Gasteiger partial charge in [-0.3, -0.25) is 0 Å². The van der Waals surface area contributed by atoms with Crippen molar-refractivity contribution in [3.05, 3.63) is 71.8 Å². The monoisotopic (exact) mass is 406 g/mol. The van der Waals surface area contributed by atoms with Crippen LogP contribution in [0.1, 0.15) is 81.8 Å². The van der Waals surface area contributed by atoms with Gasteiger partial charge in [-0.2, -0.15) is 0 Å². The molecule has 0 spiro atoms. The van der Waals surface area contributed by atoms with Crippen LogP contribution in [0.15, 0.2) is 60.7 Å². The number of aliphatic hydroxyl groups excluding tert-OH is 2. The third-order valence-corrected chi connectivity index (χ3v) is 8.71. The number of benzene rings is 2. The van der Waals surface area contributed by atoms with Gasteiger partial charge in [-0.05, 0) is 66.9 Å². The van der Waals surface area contributed by atoms with Crippen molar-refractivity contribution in [3.8, 4) is 0 Å². The first-order valence-corrected chi connectivity index (χ1v) is 12.0. The first kappa shape index (κ1) is 21.6. The minimum atomic E-state index is -0.227. The molecule has 6 unspecified atom stereocenters. The molecule has 162 valence electrons. The SMILES string of the molecule is CCC(C)(C1CCC(O)C(c2ccccc2)C1)C1CCC(O)C(c2ccccc2)C1. The molecule has 0 bridgehead atoms. The smallest absolute Gasteiger partial charge is 0.0608 e. The summed E-state index contributed by atoms with van der Waals surface area (Å²) in [6.45, 7) is 4.85. The second-order valence-electron chi connectivity index (χ2n) is 10.0. The number of rotatable bonds is 5. The summed E-state index contributed by atoms with van der Waals surface area (Å²) >= 11 is 0. The zero-order valence-corrected chi connectivity index (χ0v) is 18.6. The summed E-state index contributed by atoms with van der Waals surface area (Å²) in [4.78, 5) is 0. The number of hydrogen-bond acceptors (Lipinski definition) is 2. The van der Waals surface area contributed by atoms with E-state index in [0.717, 1.165) is 44.9 Å². The molecule has 30 heavy (non-hydrogen) atoms. The van der Waals surface area contributed by atoms with E-state index < -0.39 is 0 Å². The Morgan fingerprint density at radius 2 is 1.10 bits per heavy atom. The largest absolute Gasteiger partial charge is 0.392 e. The van der Waals surface area contributed by atoms with Crippen LogP contribution in [0.25, 0.3) is 0 Å². The summed E-state index contributed by atoms with van der Waals surface area (Å²) in [5, 5.41) is 21.6. The normalized spacial score (nSPS) is 34.3. The molecule has 2 nitrogen and oxygen atoms in total. The van der Waals surface area contributed by atoms with E-state index in [4.69, 9.17) is 0 Å². The van der Waals surface area contributed by atoms with E-state index >= 15 is 0 Å². The fraction of sp³-hybridized carbons (Fsp3) is 0.571. The van der Waals surface area contributed by atoms with Crippen molar-refractivity contribution >= 4 is 0 Å². The Balaban J connectivity index is 1.55. The molecule has 6 atom stereocenters. The fourth-order valence-corrected chi connectivity index (χ4v) is 6.53. The molecule has 2 aliphatic carbocycles. The summed E-state index contributed by atoms with van der Waals surface area (Å²) in [6, 6.07) is 21.2. The Kier molecular flexibility index (Phi) is 6.65. The van der Waals surface area contributed by atoms with Crippen molar-refractivity contribution in [2.24, 2.45) is 17.3 Å². The van der Waals surface area contributed by atoms with Crippen LogP contribution >= 0.6 is 0 Å². The van der Waals surface area contributed by atoms with Gasteiger partial charge in [0.25, 0.3) is 0 Å². The van der Waals surface area contributed by atoms with Crippen LogP contribution in [0.2, 0.25) is 0 Å². The van der Waals surface area contributed by atoms with E-state index in [2.05, 4.69) is 74.5 Å². The minimum absolute atomic E-state index is 0.227. The van der Waals surface area contributed by atoms with Crippen LogP contribution in [-0.2, 0) is 0 Å². The molecule has 2 saturated carbocycles. The highest BCUT2D eigenvalue weighted by molar-refractivity contribution is 5.23. The van der Waals surface area contributed by atoms with Gasteiger partial charge in [0.1, 0.15) is 0 Å². The third kappa shape index (κ3) is 4.22. The van der Waals surface area contributed by atoms with Crippen molar-refractivity contribution in [2.75, 3.05) is 0 Å². The lowest BCUT2D eigenvalue weighted by atomic mass is 9.55. The molecule has 2 aromatic carbocycles. The molecule has 2 aliphatic rings. The average Bonchev–Trinajstić information content (AvgIpc) is 2.80. The minimum Gasteiger partial charge on any atom is -0.392 e. The van der Waals surface area contributed by atoms with Crippen LogP contribution in [0.3, 0.4) is 0 Å². The summed E-state index contributed by atoms with van der Waals surface area (Å²) in [6.07, 6.45) is 6.89. The molecule has 4 rings (SSSR count). The molecular weight excluding hydrogens is 368 g/mol. The topological polar surface area (TPSA) is 40.5 Å². The highest BCUT2D eigenvalue weighted by Gasteiger charge is 2.46. The Morgan fingerprint density at radius 3 is 1.47 bits per heavy atom.